The fourth-order valence-electron chi connectivity index (χ4n) is 3.21. The first-order chi connectivity index (χ1) is 11.9. The minimum Gasteiger partial charge on any atom is -0.491 e. The Morgan fingerprint density at radius 1 is 1.24 bits per heavy atom. The number of aryl methyl sites for hydroxylation is 2. The number of hydrogen-bond acceptors (Lipinski definition) is 4. The zero-order valence-electron chi connectivity index (χ0n) is 14.8. The van der Waals surface area contributed by atoms with E-state index in [2.05, 4.69) is 23.7 Å². The van der Waals surface area contributed by atoms with Crippen LogP contribution in [-0.2, 0) is 6.54 Å². The summed E-state index contributed by atoms with van der Waals surface area (Å²) in [5.41, 5.74) is 2.33. The molecule has 1 aliphatic rings. The van der Waals surface area contributed by atoms with Gasteiger partial charge < -0.3 is 9.84 Å². The predicted octanol–water partition coefficient (Wildman–Crippen LogP) is 3.24. The highest BCUT2D eigenvalue weighted by Crippen LogP contribution is 2.25. The van der Waals surface area contributed by atoms with Gasteiger partial charge in [-0.3, -0.25) is 9.88 Å². The standard InChI is InChI=1S/C20H25FN2O2/c1-15-4-7-19(10-16(15)2)25-14-20(24)8-3-9-23(13-20)12-18-6-5-17(21)11-22-18/h4-7,10-11,24H,3,8-9,12-14H2,1-2H3. The number of likely N-dealkylation sites (tertiary alicyclic amines) is 1. The van der Waals surface area contributed by atoms with Gasteiger partial charge in [-0.15, -0.1) is 0 Å². The molecule has 1 unspecified atom stereocenters. The van der Waals surface area contributed by atoms with Crippen molar-refractivity contribution in [2.24, 2.45) is 0 Å². The van der Waals surface area contributed by atoms with Crippen molar-refractivity contribution in [2.75, 3.05) is 19.7 Å². The summed E-state index contributed by atoms with van der Waals surface area (Å²) in [5, 5.41) is 10.9. The van der Waals surface area contributed by atoms with Crippen LogP contribution >= 0.6 is 0 Å². The third-order valence-corrected chi connectivity index (χ3v) is 4.79. The first-order valence-electron chi connectivity index (χ1n) is 8.69. The molecule has 0 bridgehead atoms. The zero-order chi connectivity index (χ0) is 17.9. The molecule has 0 spiro atoms. The van der Waals surface area contributed by atoms with E-state index >= 15 is 0 Å². The number of piperidine rings is 1. The Balaban J connectivity index is 1.58. The van der Waals surface area contributed by atoms with E-state index in [1.54, 1.807) is 6.07 Å². The minimum absolute atomic E-state index is 0.267. The third-order valence-electron chi connectivity index (χ3n) is 4.79. The maximum Gasteiger partial charge on any atom is 0.141 e. The second-order valence-corrected chi connectivity index (χ2v) is 7.04. The average molecular weight is 344 g/mol. The Hall–Kier alpha value is -1.98. The van der Waals surface area contributed by atoms with Crippen molar-refractivity contribution in [3.8, 4) is 5.75 Å². The molecule has 0 aliphatic carbocycles. The molecule has 1 fully saturated rings. The van der Waals surface area contributed by atoms with Crippen LogP contribution in [0.25, 0.3) is 0 Å². The molecule has 134 valence electrons. The quantitative estimate of drug-likeness (QED) is 0.904. The lowest BCUT2D eigenvalue weighted by Gasteiger charge is -2.38. The summed E-state index contributed by atoms with van der Waals surface area (Å²) < 4.78 is 18.8. The molecule has 1 aromatic heterocycles. The molecule has 1 aliphatic heterocycles. The Morgan fingerprint density at radius 3 is 2.80 bits per heavy atom. The van der Waals surface area contributed by atoms with Crippen LogP contribution in [0.2, 0.25) is 0 Å². The van der Waals surface area contributed by atoms with Gasteiger partial charge in [-0.25, -0.2) is 4.39 Å². The lowest BCUT2D eigenvalue weighted by atomic mass is 9.93. The van der Waals surface area contributed by atoms with E-state index in [1.165, 1.54) is 23.4 Å². The van der Waals surface area contributed by atoms with Crippen molar-refractivity contribution >= 4 is 0 Å². The highest BCUT2D eigenvalue weighted by Gasteiger charge is 2.34. The smallest absolute Gasteiger partial charge is 0.141 e. The van der Waals surface area contributed by atoms with Crippen molar-refractivity contribution in [3.05, 3.63) is 59.2 Å². The van der Waals surface area contributed by atoms with Crippen LogP contribution in [0.3, 0.4) is 0 Å². The molecule has 3 rings (SSSR count). The molecule has 1 saturated heterocycles. The van der Waals surface area contributed by atoms with Crippen LogP contribution in [0.15, 0.2) is 36.5 Å². The highest BCUT2D eigenvalue weighted by atomic mass is 19.1. The van der Waals surface area contributed by atoms with Crippen LogP contribution in [0, 0.1) is 19.7 Å². The first kappa shape index (κ1) is 17.8. The number of halogens is 1. The van der Waals surface area contributed by atoms with Crippen LogP contribution < -0.4 is 4.74 Å². The molecule has 5 heteroatoms. The molecule has 0 amide bonds. The summed E-state index contributed by atoms with van der Waals surface area (Å²) in [7, 11) is 0. The van der Waals surface area contributed by atoms with Crippen LogP contribution in [0.5, 0.6) is 5.75 Å². The second kappa shape index (κ2) is 7.50. The van der Waals surface area contributed by atoms with E-state index in [9.17, 15) is 9.50 Å². The van der Waals surface area contributed by atoms with Crippen molar-refractivity contribution < 1.29 is 14.2 Å². The van der Waals surface area contributed by atoms with Gasteiger partial charge in [-0.2, -0.15) is 0 Å². The minimum atomic E-state index is -0.878. The van der Waals surface area contributed by atoms with E-state index in [4.69, 9.17) is 4.74 Å². The molecule has 1 atom stereocenters. The molecule has 25 heavy (non-hydrogen) atoms. The number of benzene rings is 1. The fraction of sp³-hybridized carbons (Fsp3) is 0.450. The van der Waals surface area contributed by atoms with Crippen LogP contribution in [-0.4, -0.2) is 40.3 Å². The summed E-state index contributed by atoms with van der Waals surface area (Å²) in [5.74, 6) is 0.453. The number of nitrogens with zero attached hydrogens (tertiary/aromatic N) is 2. The predicted molar refractivity (Wildman–Crippen MR) is 95.1 cm³/mol. The molecular formula is C20H25FN2O2. The molecular weight excluding hydrogens is 319 g/mol. The molecule has 2 aromatic rings. The van der Waals surface area contributed by atoms with E-state index in [-0.39, 0.29) is 12.4 Å². The van der Waals surface area contributed by atoms with Gasteiger partial charge in [0, 0.05) is 13.1 Å². The van der Waals surface area contributed by atoms with Crippen molar-refractivity contribution in [3.63, 3.8) is 0 Å². The Kier molecular flexibility index (Phi) is 5.35. The van der Waals surface area contributed by atoms with Gasteiger partial charge >= 0.3 is 0 Å². The van der Waals surface area contributed by atoms with Crippen LogP contribution in [0.4, 0.5) is 4.39 Å². The second-order valence-electron chi connectivity index (χ2n) is 7.04. The molecule has 1 aromatic carbocycles. The fourth-order valence-corrected chi connectivity index (χ4v) is 3.21. The number of ether oxygens (including phenoxy) is 1. The summed E-state index contributed by atoms with van der Waals surface area (Å²) in [4.78, 5) is 6.25. The summed E-state index contributed by atoms with van der Waals surface area (Å²) >= 11 is 0. The van der Waals surface area contributed by atoms with Crippen molar-refractivity contribution in [1.29, 1.82) is 0 Å². The number of pyridine rings is 1. The number of hydrogen-bond donors (Lipinski definition) is 1. The lowest BCUT2D eigenvalue weighted by molar-refractivity contribution is -0.0623. The van der Waals surface area contributed by atoms with Gasteiger partial charge in [0.25, 0.3) is 0 Å². The zero-order valence-corrected chi connectivity index (χ0v) is 14.8. The summed E-state index contributed by atoms with van der Waals surface area (Å²) in [6.45, 7) is 6.40. The lowest BCUT2D eigenvalue weighted by Crippen LogP contribution is -2.51. The molecule has 2 heterocycles. The van der Waals surface area contributed by atoms with Gasteiger partial charge in [-0.05, 0) is 68.6 Å². The van der Waals surface area contributed by atoms with Gasteiger partial charge in [0.2, 0.25) is 0 Å². The van der Waals surface area contributed by atoms with Crippen molar-refractivity contribution in [2.45, 2.75) is 38.8 Å². The molecule has 1 N–H and O–H groups in total. The molecule has 4 nitrogen and oxygen atoms in total. The van der Waals surface area contributed by atoms with Gasteiger partial charge in [-0.1, -0.05) is 6.07 Å². The third kappa shape index (κ3) is 4.77. The van der Waals surface area contributed by atoms with Gasteiger partial charge in [0.05, 0.1) is 11.9 Å². The molecule has 0 radical (unpaired) electrons. The van der Waals surface area contributed by atoms with E-state index in [1.807, 2.05) is 18.2 Å². The Morgan fingerprint density at radius 2 is 2.08 bits per heavy atom. The highest BCUT2D eigenvalue weighted by molar-refractivity contribution is 5.33. The number of rotatable bonds is 5. The van der Waals surface area contributed by atoms with Crippen LogP contribution in [0.1, 0.15) is 29.7 Å². The topological polar surface area (TPSA) is 45.6 Å². The average Bonchev–Trinajstić information content (AvgIpc) is 2.58. The summed E-state index contributed by atoms with van der Waals surface area (Å²) in [6.07, 6.45) is 2.84. The Bertz CT molecular complexity index is 720. The number of β-amino-alcohol motifs (C(OH)–C–C–N with tert-alkyl or cyclic N) is 1. The normalized spacial score (nSPS) is 21.3. The maximum atomic E-state index is 13.0. The van der Waals surface area contributed by atoms with E-state index in [0.717, 1.165) is 24.4 Å². The maximum absolute atomic E-state index is 13.0. The first-order valence-corrected chi connectivity index (χ1v) is 8.69. The van der Waals surface area contributed by atoms with Gasteiger partial charge in [0.1, 0.15) is 23.8 Å². The van der Waals surface area contributed by atoms with Crippen molar-refractivity contribution in [1.82, 2.24) is 9.88 Å². The van der Waals surface area contributed by atoms with E-state index < -0.39 is 5.60 Å². The van der Waals surface area contributed by atoms with Gasteiger partial charge in [0.15, 0.2) is 0 Å². The largest absolute Gasteiger partial charge is 0.491 e. The monoisotopic (exact) mass is 344 g/mol. The SMILES string of the molecule is Cc1ccc(OCC2(O)CCCN(Cc3ccc(F)cn3)C2)cc1C. The number of aliphatic hydroxyl groups is 1. The summed E-state index contributed by atoms with van der Waals surface area (Å²) in [6, 6.07) is 9.08. The Labute approximate surface area is 148 Å². The molecule has 0 saturated carbocycles. The number of aromatic nitrogens is 1. The van der Waals surface area contributed by atoms with E-state index in [0.29, 0.717) is 19.5 Å².